The Morgan fingerprint density at radius 2 is 1.90 bits per heavy atom. The van der Waals surface area contributed by atoms with E-state index in [0.717, 1.165) is 31.6 Å². The SMILES string of the molecule is O=C(NCc1ccccc1)NC1(C2CC2)CCOCC1. The van der Waals surface area contributed by atoms with E-state index in [1.165, 1.54) is 12.8 Å². The zero-order valence-corrected chi connectivity index (χ0v) is 11.7. The Kier molecular flexibility index (Phi) is 3.92. The average molecular weight is 274 g/mol. The van der Waals surface area contributed by atoms with Crippen molar-refractivity contribution in [2.45, 2.75) is 37.8 Å². The number of nitrogens with one attached hydrogen (secondary N) is 2. The van der Waals surface area contributed by atoms with Gasteiger partial charge in [0, 0.05) is 25.3 Å². The molecule has 2 aliphatic rings. The van der Waals surface area contributed by atoms with E-state index >= 15 is 0 Å². The number of carbonyl (C=O) groups is 1. The number of rotatable bonds is 4. The van der Waals surface area contributed by atoms with Crippen LogP contribution in [-0.4, -0.2) is 24.8 Å². The van der Waals surface area contributed by atoms with Crippen LogP contribution in [0.5, 0.6) is 0 Å². The van der Waals surface area contributed by atoms with Crippen LogP contribution >= 0.6 is 0 Å². The van der Waals surface area contributed by atoms with Crippen LogP contribution in [0.15, 0.2) is 30.3 Å². The number of benzene rings is 1. The van der Waals surface area contributed by atoms with Gasteiger partial charge in [-0.25, -0.2) is 4.79 Å². The van der Waals surface area contributed by atoms with E-state index in [0.29, 0.717) is 12.5 Å². The fourth-order valence-electron chi connectivity index (χ4n) is 3.06. The number of ether oxygens (including phenoxy) is 1. The lowest BCUT2D eigenvalue weighted by atomic mass is 9.85. The first-order chi connectivity index (χ1) is 9.78. The van der Waals surface area contributed by atoms with Gasteiger partial charge in [-0.2, -0.15) is 0 Å². The number of carbonyl (C=O) groups excluding carboxylic acids is 1. The lowest BCUT2D eigenvalue weighted by Crippen LogP contribution is -2.56. The van der Waals surface area contributed by atoms with Gasteiger partial charge in [-0.15, -0.1) is 0 Å². The minimum atomic E-state index is -0.0531. The molecule has 3 rings (SSSR count). The molecule has 20 heavy (non-hydrogen) atoms. The Morgan fingerprint density at radius 1 is 1.20 bits per heavy atom. The zero-order valence-electron chi connectivity index (χ0n) is 11.7. The molecule has 0 bridgehead atoms. The molecule has 1 aromatic rings. The second-order valence-corrected chi connectivity index (χ2v) is 5.84. The van der Waals surface area contributed by atoms with Crippen LogP contribution in [0.4, 0.5) is 4.79 Å². The summed E-state index contributed by atoms with van der Waals surface area (Å²) in [4.78, 5) is 12.2. The lowest BCUT2D eigenvalue weighted by Gasteiger charge is -2.38. The molecule has 4 heteroatoms. The molecule has 0 spiro atoms. The highest BCUT2D eigenvalue weighted by Crippen LogP contribution is 2.44. The van der Waals surface area contributed by atoms with Crippen LogP contribution in [0, 0.1) is 5.92 Å². The average Bonchev–Trinajstić information content (AvgIpc) is 3.32. The molecule has 0 radical (unpaired) electrons. The summed E-state index contributed by atoms with van der Waals surface area (Å²) in [6.07, 6.45) is 4.35. The maximum absolute atomic E-state index is 12.2. The molecule has 1 heterocycles. The molecule has 0 aromatic heterocycles. The molecule has 0 atom stereocenters. The van der Waals surface area contributed by atoms with Crippen molar-refractivity contribution in [1.29, 1.82) is 0 Å². The van der Waals surface area contributed by atoms with Crippen molar-refractivity contribution >= 4 is 6.03 Å². The second-order valence-electron chi connectivity index (χ2n) is 5.84. The molecule has 1 aliphatic carbocycles. The lowest BCUT2D eigenvalue weighted by molar-refractivity contribution is 0.0335. The largest absolute Gasteiger partial charge is 0.381 e. The third-order valence-corrected chi connectivity index (χ3v) is 4.40. The number of amides is 2. The molecule has 2 N–H and O–H groups in total. The zero-order chi connectivity index (χ0) is 13.8. The van der Waals surface area contributed by atoms with Gasteiger partial charge in [-0.05, 0) is 37.2 Å². The summed E-state index contributed by atoms with van der Waals surface area (Å²) in [5.41, 5.74) is 1.09. The van der Waals surface area contributed by atoms with Gasteiger partial charge in [0.2, 0.25) is 0 Å². The van der Waals surface area contributed by atoms with Crippen LogP contribution in [-0.2, 0) is 11.3 Å². The Hall–Kier alpha value is -1.55. The topological polar surface area (TPSA) is 50.4 Å². The van der Waals surface area contributed by atoms with Crippen LogP contribution in [0.3, 0.4) is 0 Å². The van der Waals surface area contributed by atoms with Crippen molar-refractivity contribution < 1.29 is 9.53 Å². The normalized spacial score (nSPS) is 21.2. The van der Waals surface area contributed by atoms with E-state index in [9.17, 15) is 4.79 Å². The van der Waals surface area contributed by atoms with Gasteiger partial charge in [0.25, 0.3) is 0 Å². The smallest absolute Gasteiger partial charge is 0.315 e. The van der Waals surface area contributed by atoms with Gasteiger partial charge in [0.05, 0.1) is 0 Å². The van der Waals surface area contributed by atoms with Gasteiger partial charge in [0.1, 0.15) is 0 Å². The molecule has 1 saturated carbocycles. The molecule has 2 fully saturated rings. The van der Waals surface area contributed by atoms with E-state index < -0.39 is 0 Å². The van der Waals surface area contributed by atoms with Crippen molar-refractivity contribution in [2.75, 3.05) is 13.2 Å². The Morgan fingerprint density at radius 3 is 2.55 bits per heavy atom. The third kappa shape index (κ3) is 3.12. The molecular weight excluding hydrogens is 252 g/mol. The van der Waals surface area contributed by atoms with Gasteiger partial charge in [-0.1, -0.05) is 30.3 Å². The number of urea groups is 1. The summed E-state index contributed by atoms with van der Waals surface area (Å²) < 4.78 is 5.44. The van der Waals surface area contributed by atoms with Crippen molar-refractivity contribution in [3.05, 3.63) is 35.9 Å². The van der Waals surface area contributed by atoms with Gasteiger partial charge in [-0.3, -0.25) is 0 Å². The van der Waals surface area contributed by atoms with Crippen molar-refractivity contribution in [1.82, 2.24) is 10.6 Å². The fraction of sp³-hybridized carbons (Fsp3) is 0.562. The molecule has 2 amide bonds. The van der Waals surface area contributed by atoms with Gasteiger partial charge in [0.15, 0.2) is 0 Å². The first-order valence-corrected chi connectivity index (χ1v) is 7.46. The highest BCUT2D eigenvalue weighted by Gasteiger charge is 2.46. The first kappa shape index (κ1) is 13.4. The second kappa shape index (κ2) is 5.83. The molecular formula is C16H22N2O2. The van der Waals surface area contributed by atoms with E-state index in [-0.39, 0.29) is 11.6 Å². The highest BCUT2D eigenvalue weighted by atomic mass is 16.5. The third-order valence-electron chi connectivity index (χ3n) is 4.40. The predicted octanol–water partition coefficient (Wildman–Crippen LogP) is 2.45. The van der Waals surface area contributed by atoms with Gasteiger partial charge >= 0.3 is 6.03 Å². The standard InChI is InChI=1S/C16H22N2O2/c19-15(17-12-13-4-2-1-3-5-13)18-16(14-6-7-14)8-10-20-11-9-16/h1-5,14H,6-12H2,(H2,17,18,19). The summed E-state index contributed by atoms with van der Waals surface area (Å²) >= 11 is 0. The van der Waals surface area contributed by atoms with Crippen LogP contribution in [0.1, 0.15) is 31.2 Å². The van der Waals surface area contributed by atoms with Crippen molar-refractivity contribution in [2.24, 2.45) is 5.92 Å². The molecule has 0 unspecified atom stereocenters. The summed E-state index contributed by atoms with van der Waals surface area (Å²) in [6.45, 7) is 2.09. The van der Waals surface area contributed by atoms with Crippen LogP contribution < -0.4 is 10.6 Å². The minimum Gasteiger partial charge on any atom is -0.381 e. The minimum absolute atomic E-state index is 0.0287. The van der Waals surface area contributed by atoms with Crippen LogP contribution in [0.2, 0.25) is 0 Å². The summed E-state index contributed by atoms with van der Waals surface area (Å²) in [7, 11) is 0. The predicted molar refractivity (Wildman–Crippen MR) is 77.3 cm³/mol. The van der Waals surface area contributed by atoms with E-state index in [2.05, 4.69) is 10.6 Å². The number of hydrogen-bond donors (Lipinski definition) is 2. The maximum atomic E-state index is 12.2. The van der Waals surface area contributed by atoms with Crippen molar-refractivity contribution in [3.8, 4) is 0 Å². The quantitative estimate of drug-likeness (QED) is 0.886. The van der Waals surface area contributed by atoms with E-state index in [1.807, 2.05) is 30.3 Å². The molecule has 1 aromatic carbocycles. The Labute approximate surface area is 119 Å². The Balaban J connectivity index is 1.54. The first-order valence-electron chi connectivity index (χ1n) is 7.46. The summed E-state index contributed by atoms with van der Waals surface area (Å²) in [6, 6.07) is 9.94. The summed E-state index contributed by atoms with van der Waals surface area (Å²) in [5, 5.41) is 6.20. The number of hydrogen-bond acceptors (Lipinski definition) is 2. The molecule has 1 aliphatic heterocycles. The van der Waals surface area contributed by atoms with Crippen molar-refractivity contribution in [3.63, 3.8) is 0 Å². The highest BCUT2D eigenvalue weighted by molar-refractivity contribution is 5.75. The monoisotopic (exact) mass is 274 g/mol. The summed E-state index contributed by atoms with van der Waals surface area (Å²) in [5.74, 6) is 0.647. The molecule has 1 saturated heterocycles. The van der Waals surface area contributed by atoms with Crippen LogP contribution in [0.25, 0.3) is 0 Å². The van der Waals surface area contributed by atoms with Gasteiger partial charge < -0.3 is 15.4 Å². The Bertz CT molecular complexity index is 451. The molecule has 4 nitrogen and oxygen atoms in total. The maximum Gasteiger partial charge on any atom is 0.315 e. The fourth-order valence-corrected chi connectivity index (χ4v) is 3.06. The van der Waals surface area contributed by atoms with E-state index in [1.54, 1.807) is 0 Å². The van der Waals surface area contributed by atoms with E-state index in [4.69, 9.17) is 4.74 Å². The molecule has 108 valence electrons.